The van der Waals surface area contributed by atoms with E-state index in [9.17, 15) is 13.2 Å². The van der Waals surface area contributed by atoms with E-state index in [-0.39, 0.29) is 10.5 Å². The molecule has 21 heavy (non-hydrogen) atoms. The predicted octanol–water partition coefficient (Wildman–Crippen LogP) is 0.446. The molecule has 0 bridgehead atoms. The smallest absolute Gasteiger partial charge is 0.399 e. The summed E-state index contributed by atoms with van der Waals surface area (Å²) in [7, 11) is -4.61. The van der Waals surface area contributed by atoms with E-state index in [2.05, 4.69) is 0 Å². The van der Waals surface area contributed by atoms with E-state index >= 15 is 0 Å². The van der Waals surface area contributed by atoms with Crippen LogP contribution >= 0.6 is 0 Å². The van der Waals surface area contributed by atoms with Gasteiger partial charge in [-0.25, -0.2) is 13.6 Å². The normalized spacial score (nSPS) is 20.5. The van der Waals surface area contributed by atoms with Crippen LogP contribution in [-0.2, 0) is 19.3 Å². The Labute approximate surface area is 124 Å². The van der Waals surface area contributed by atoms with Crippen LogP contribution in [-0.4, -0.2) is 33.0 Å². The Morgan fingerprint density at radius 2 is 1.67 bits per heavy atom. The highest BCUT2D eigenvalue weighted by Crippen LogP contribution is 2.36. The van der Waals surface area contributed by atoms with Crippen molar-refractivity contribution in [2.75, 3.05) is 0 Å². The first kappa shape index (κ1) is 16.2. The highest BCUT2D eigenvalue weighted by Gasteiger charge is 2.51. The number of hydrogen-bond acceptors (Lipinski definition) is 5. The molecule has 0 atom stereocenters. The van der Waals surface area contributed by atoms with Crippen LogP contribution in [0.25, 0.3) is 0 Å². The van der Waals surface area contributed by atoms with Crippen molar-refractivity contribution in [2.24, 2.45) is 5.14 Å². The molecule has 1 aromatic carbocycles. The van der Waals surface area contributed by atoms with Gasteiger partial charge in [0, 0.05) is 5.56 Å². The van der Waals surface area contributed by atoms with E-state index in [0.29, 0.717) is 11.7 Å². The number of sulfonamides is 1. The predicted molar refractivity (Wildman–Crippen MR) is 78.9 cm³/mol. The lowest BCUT2D eigenvalue weighted by molar-refractivity contribution is 0.00578. The van der Waals surface area contributed by atoms with Crippen molar-refractivity contribution in [2.45, 2.75) is 43.8 Å². The van der Waals surface area contributed by atoms with Crippen molar-refractivity contribution in [1.29, 1.82) is 0 Å². The minimum atomic E-state index is -3.94. The fourth-order valence-corrected chi connectivity index (χ4v) is 2.74. The summed E-state index contributed by atoms with van der Waals surface area (Å²) in [6.45, 7) is 7.64. The molecule has 1 heterocycles. The lowest BCUT2D eigenvalue weighted by atomic mass is 9.78. The van der Waals surface area contributed by atoms with Crippen molar-refractivity contribution in [1.82, 2.24) is 0 Å². The van der Waals surface area contributed by atoms with Crippen molar-refractivity contribution in [3.05, 3.63) is 23.8 Å². The Morgan fingerprint density at radius 1 is 1.14 bits per heavy atom. The third kappa shape index (κ3) is 2.89. The lowest BCUT2D eigenvalue weighted by Crippen LogP contribution is -2.41. The van der Waals surface area contributed by atoms with Gasteiger partial charge in [0.15, 0.2) is 6.29 Å². The van der Waals surface area contributed by atoms with Crippen molar-refractivity contribution in [3.8, 4) is 0 Å². The molecule has 1 aliphatic heterocycles. The van der Waals surface area contributed by atoms with Crippen LogP contribution in [0, 0.1) is 0 Å². The summed E-state index contributed by atoms with van der Waals surface area (Å²) in [5.74, 6) is 0. The van der Waals surface area contributed by atoms with Crippen molar-refractivity contribution >= 4 is 28.9 Å². The zero-order valence-corrected chi connectivity index (χ0v) is 13.2. The highest BCUT2D eigenvalue weighted by molar-refractivity contribution is 7.89. The maximum absolute atomic E-state index is 11.4. The Kier molecular flexibility index (Phi) is 3.78. The van der Waals surface area contributed by atoms with Gasteiger partial charge in [-0.3, -0.25) is 4.79 Å². The van der Waals surface area contributed by atoms with E-state index in [0.717, 1.165) is 0 Å². The van der Waals surface area contributed by atoms with E-state index in [1.807, 2.05) is 27.7 Å². The Balaban J connectivity index is 2.43. The molecule has 2 rings (SSSR count). The largest absolute Gasteiger partial charge is 0.494 e. The fourth-order valence-electron chi connectivity index (χ4n) is 2.04. The van der Waals surface area contributed by atoms with Crippen LogP contribution in [0.15, 0.2) is 23.1 Å². The standard InChI is InChI=1S/C13H18BNO5S/c1-12(2)13(3,4)20-14(19-12)10-5-6-11(21(15,17)18)9(7-10)8-16/h5-8H,1-4H3,(H2,15,17,18). The summed E-state index contributed by atoms with van der Waals surface area (Å²) < 4.78 is 34.5. The first-order valence-corrected chi connectivity index (χ1v) is 8.00. The molecule has 0 aromatic heterocycles. The average Bonchev–Trinajstić information content (AvgIpc) is 2.56. The van der Waals surface area contributed by atoms with Crippen LogP contribution in [0.3, 0.4) is 0 Å². The summed E-state index contributed by atoms with van der Waals surface area (Å²) >= 11 is 0. The fraction of sp³-hybridized carbons (Fsp3) is 0.462. The zero-order valence-electron chi connectivity index (χ0n) is 12.4. The Morgan fingerprint density at radius 3 is 2.10 bits per heavy atom. The molecule has 0 amide bonds. The number of aldehydes is 1. The van der Waals surface area contributed by atoms with Crippen LogP contribution in [0.5, 0.6) is 0 Å². The third-order valence-corrected chi connectivity index (χ3v) is 4.98. The van der Waals surface area contributed by atoms with Crippen molar-refractivity contribution in [3.63, 3.8) is 0 Å². The second-order valence-corrected chi connectivity index (χ2v) is 7.58. The Bertz CT molecular complexity index is 668. The molecule has 8 heteroatoms. The number of carbonyl (C=O) groups is 1. The minimum absolute atomic E-state index is 0.00953. The van der Waals surface area contributed by atoms with E-state index in [4.69, 9.17) is 14.4 Å². The number of benzene rings is 1. The first-order valence-electron chi connectivity index (χ1n) is 6.45. The van der Waals surface area contributed by atoms with Gasteiger partial charge in [0.05, 0.1) is 16.1 Å². The van der Waals surface area contributed by atoms with Gasteiger partial charge in [-0.2, -0.15) is 0 Å². The van der Waals surface area contributed by atoms with E-state index in [1.54, 1.807) is 0 Å². The van der Waals surface area contributed by atoms with Gasteiger partial charge in [0.25, 0.3) is 0 Å². The topological polar surface area (TPSA) is 95.7 Å². The molecule has 1 fully saturated rings. The van der Waals surface area contributed by atoms with E-state index < -0.39 is 28.3 Å². The van der Waals surface area contributed by atoms with Crippen molar-refractivity contribution < 1.29 is 22.5 Å². The number of primary sulfonamides is 1. The van der Waals surface area contributed by atoms with Crippen LogP contribution < -0.4 is 10.6 Å². The molecule has 0 saturated carbocycles. The molecule has 0 unspecified atom stereocenters. The zero-order chi connectivity index (χ0) is 16.1. The number of nitrogens with two attached hydrogens (primary N) is 1. The third-order valence-electron chi connectivity index (χ3n) is 3.99. The molecule has 1 saturated heterocycles. The molecule has 0 aliphatic carbocycles. The summed E-state index contributed by atoms with van der Waals surface area (Å²) in [6, 6.07) is 4.25. The summed E-state index contributed by atoms with van der Waals surface area (Å²) in [6.07, 6.45) is 0.453. The maximum Gasteiger partial charge on any atom is 0.494 e. The lowest BCUT2D eigenvalue weighted by Gasteiger charge is -2.32. The molecule has 0 spiro atoms. The maximum atomic E-state index is 11.4. The van der Waals surface area contributed by atoms with Gasteiger partial charge in [0.2, 0.25) is 10.0 Å². The highest BCUT2D eigenvalue weighted by atomic mass is 32.2. The molecule has 1 aromatic rings. The van der Waals surface area contributed by atoms with Gasteiger partial charge >= 0.3 is 7.12 Å². The molecule has 114 valence electrons. The molecular formula is C13H18BNO5S. The van der Waals surface area contributed by atoms with Gasteiger partial charge in [0.1, 0.15) is 0 Å². The molecule has 2 N–H and O–H groups in total. The monoisotopic (exact) mass is 311 g/mol. The van der Waals surface area contributed by atoms with Crippen LogP contribution in [0.4, 0.5) is 0 Å². The molecule has 0 radical (unpaired) electrons. The van der Waals surface area contributed by atoms with Gasteiger partial charge in [-0.05, 0) is 39.2 Å². The Hall–Kier alpha value is -1.22. The molecular weight excluding hydrogens is 293 g/mol. The van der Waals surface area contributed by atoms with Crippen LogP contribution in [0.2, 0.25) is 0 Å². The second-order valence-electron chi connectivity index (χ2n) is 6.05. The quantitative estimate of drug-likeness (QED) is 0.646. The first-order chi connectivity index (χ1) is 9.48. The summed E-state index contributed by atoms with van der Waals surface area (Å²) in [5.41, 5.74) is -0.470. The van der Waals surface area contributed by atoms with Gasteiger partial charge in [-0.1, -0.05) is 12.1 Å². The molecule has 6 nitrogen and oxygen atoms in total. The second kappa shape index (κ2) is 4.91. The van der Waals surface area contributed by atoms with Crippen LogP contribution in [0.1, 0.15) is 38.1 Å². The number of rotatable bonds is 3. The van der Waals surface area contributed by atoms with Gasteiger partial charge in [-0.15, -0.1) is 0 Å². The summed E-state index contributed by atoms with van der Waals surface area (Å²) in [5, 5.41) is 5.07. The van der Waals surface area contributed by atoms with E-state index in [1.165, 1.54) is 18.2 Å². The SMILES string of the molecule is CC1(C)OB(c2ccc(S(N)(=O)=O)c(C=O)c2)OC1(C)C. The number of hydrogen-bond donors (Lipinski definition) is 1. The minimum Gasteiger partial charge on any atom is -0.399 e. The summed E-state index contributed by atoms with van der Waals surface area (Å²) in [4.78, 5) is 10.9. The van der Waals surface area contributed by atoms with Gasteiger partial charge < -0.3 is 9.31 Å². The molecule has 1 aliphatic rings. The average molecular weight is 311 g/mol. The number of carbonyl (C=O) groups excluding carboxylic acids is 1.